The first-order chi connectivity index (χ1) is 16.8. The third-order valence-electron chi connectivity index (χ3n) is 7.65. The zero-order valence-corrected chi connectivity index (χ0v) is 22.1. The highest BCUT2D eigenvalue weighted by Crippen LogP contribution is 2.52. The molecule has 0 spiro atoms. The molecule has 4 atom stereocenters. The van der Waals surface area contributed by atoms with Crippen molar-refractivity contribution in [3.05, 3.63) is 82.4 Å². The average molecular weight is 514 g/mol. The molecule has 2 aliphatic heterocycles. The fourth-order valence-electron chi connectivity index (χ4n) is 5.85. The van der Waals surface area contributed by atoms with Crippen LogP contribution in [-0.2, 0) is 9.59 Å². The number of carbonyl (C=O) groups is 2. The molecule has 2 heterocycles. The van der Waals surface area contributed by atoms with Gasteiger partial charge in [0.05, 0.1) is 11.5 Å². The number of nitrogens with zero attached hydrogens (tertiary/aromatic N) is 2. The molecule has 2 amide bonds. The summed E-state index contributed by atoms with van der Waals surface area (Å²) in [6.07, 6.45) is 5.34. The Morgan fingerprint density at radius 3 is 2.46 bits per heavy atom. The largest absolute Gasteiger partial charge is 0.341 e. The fraction of sp³-hybridized carbons (Fsp3) is 0.448. The van der Waals surface area contributed by atoms with E-state index in [0.29, 0.717) is 35.9 Å². The molecule has 4 nitrogen and oxygen atoms in total. The van der Waals surface area contributed by atoms with E-state index in [4.69, 9.17) is 23.2 Å². The Labute approximate surface area is 218 Å². The molecule has 0 radical (unpaired) electrons. The molecule has 0 aromatic heterocycles. The van der Waals surface area contributed by atoms with Gasteiger partial charge in [-0.15, -0.1) is 6.58 Å². The predicted molar refractivity (Wildman–Crippen MR) is 143 cm³/mol. The summed E-state index contributed by atoms with van der Waals surface area (Å²) >= 11 is 12.7. The van der Waals surface area contributed by atoms with Crippen LogP contribution in [0.3, 0.4) is 0 Å². The molecule has 0 saturated carbocycles. The van der Waals surface area contributed by atoms with E-state index in [1.54, 1.807) is 0 Å². The van der Waals surface area contributed by atoms with E-state index in [1.807, 2.05) is 60.4 Å². The van der Waals surface area contributed by atoms with Gasteiger partial charge in [-0.2, -0.15) is 0 Å². The maximum absolute atomic E-state index is 14.3. The van der Waals surface area contributed by atoms with E-state index in [9.17, 15) is 9.59 Å². The Morgan fingerprint density at radius 2 is 1.86 bits per heavy atom. The molecule has 4 rings (SSSR count). The minimum absolute atomic E-state index is 0.0286. The van der Waals surface area contributed by atoms with Gasteiger partial charge in [0.2, 0.25) is 11.8 Å². The molecular formula is C29H34Cl2N2O2. The quantitative estimate of drug-likeness (QED) is 0.356. The van der Waals surface area contributed by atoms with Crippen molar-refractivity contribution in [1.29, 1.82) is 0 Å². The lowest BCUT2D eigenvalue weighted by atomic mass is 9.67. The highest BCUT2D eigenvalue weighted by molar-refractivity contribution is 6.30. The van der Waals surface area contributed by atoms with Crippen LogP contribution in [-0.4, -0.2) is 40.7 Å². The Hall–Kier alpha value is -2.30. The Kier molecular flexibility index (Phi) is 7.92. The number of allylic oxidation sites excluding steroid dienone is 1. The standard InChI is InChI=1S/C29H34Cl2N2O2/c1-4-15-29(3)18-25(21-8-6-9-23(31)17-21)27(20-11-13-22(30)14-12-20)33(28(29)35)24(5-2)19-32-16-7-10-26(32)34/h4,6,8-9,11-14,17,24-25,27H,1,5,7,10,15-16,18-19H2,2-3H3/t24-,25+,27+,29-/m0/s1. The number of halogens is 2. The zero-order chi connectivity index (χ0) is 25.2. The van der Waals surface area contributed by atoms with Crippen LogP contribution in [0.25, 0.3) is 0 Å². The van der Waals surface area contributed by atoms with Crippen molar-refractivity contribution in [2.75, 3.05) is 13.1 Å². The van der Waals surface area contributed by atoms with Crippen molar-refractivity contribution in [3.63, 3.8) is 0 Å². The lowest BCUT2D eigenvalue weighted by molar-refractivity contribution is -0.156. The normalized spacial score (nSPS) is 25.7. The van der Waals surface area contributed by atoms with E-state index in [2.05, 4.69) is 24.5 Å². The van der Waals surface area contributed by atoms with Gasteiger partial charge in [-0.05, 0) is 61.1 Å². The number of carbonyl (C=O) groups excluding carboxylic acids is 2. The van der Waals surface area contributed by atoms with Gasteiger partial charge in [0.15, 0.2) is 0 Å². The lowest BCUT2D eigenvalue weighted by Crippen LogP contribution is -2.57. The minimum Gasteiger partial charge on any atom is -0.341 e. The summed E-state index contributed by atoms with van der Waals surface area (Å²) in [6, 6.07) is 15.5. The second-order valence-corrected chi connectivity index (χ2v) is 11.0. The molecular weight excluding hydrogens is 479 g/mol. The van der Waals surface area contributed by atoms with Crippen LogP contribution in [0.2, 0.25) is 10.0 Å². The average Bonchev–Trinajstić information content (AvgIpc) is 3.24. The molecule has 186 valence electrons. The second kappa shape index (κ2) is 10.8. The van der Waals surface area contributed by atoms with E-state index >= 15 is 0 Å². The van der Waals surface area contributed by atoms with Crippen molar-refractivity contribution >= 4 is 35.0 Å². The first-order valence-corrected chi connectivity index (χ1v) is 13.3. The lowest BCUT2D eigenvalue weighted by Gasteiger charge is -2.52. The van der Waals surface area contributed by atoms with E-state index < -0.39 is 5.41 Å². The molecule has 0 unspecified atom stereocenters. The van der Waals surface area contributed by atoms with E-state index in [1.165, 1.54) is 0 Å². The molecule has 35 heavy (non-hydrogen) atoms. The monoisotopic (exact) mass is 512 g/mol. The van der Waals surface area contributed by atoms with Gasteiger partial charge < -0.3 is 9.80 Å². The smallest absolute Gasteiger partial charge is 0.229 e. The highest BCUT2D eigenvalue weighted by Gasteiger charge is 2.51. The van der Waals surface area contributed by atoms with Crippen molar-refractivity contribution in [2.24, 2.45) is 5.41 Å². The minimum atomic E-state index is -0.597. The Morgan fingerprint density at radius 1 is 1.11 bits per heavy atom. The van der Waals surface area contributed by atoms with Crippen LogP contribution in [0.15, 0.2) is 61.2 Å². The topological polar surface area (TPSA) is 40.6 Å². The Bertz CT molecular complexity index is 1090. The van der Waals surface area contributed by atoms with Gasteiger partial charge in [-0.1, -0.05) is 67.4 Å². The van der Waals surface area contributed by atoms with Crippen molar-refractivity contribution in [3.8, 4) is 0 Å². The number of benzene rings is 2. The Balaban J connectivity index is 1.86. The predicted octanol–water partition coefficient (Wildman–Crippen LogP) is 7.03. The van der Waals surface area contributed by atoms with Gasteiger partial charge in [0.1, 0.15) is 0 Å². The molecule has 0 bridgehead atoms. The van der Waals surface area contributed by atoms with Gasteiger partial charge in [0, 0.05) is 41.5 Å². The van der Waals surface area contributed by atoms with Gasteiger partial charge in [-0.3, -0.25) is 9.59 Å². The fourth-order valence-corrected chi connectivity index (χ4v) is 6.18. The number of likely N-dealkylation sites (tertiary alicyclic amines) is 2. The van der Waals surface area contributed by atoms with Gasteiger partial charge in [-0.25, -0.2) is 0 Å². The molecule has 2 aliphatic rings. The number of piperidine rings is 1. The molecule has 0 N–H and O–H groups in total. The summed E-state index contributed by atoms with van der Waals surface area (Å²) in [5.41, 5.74) is 1.55. The van der Waals surface area contributed by atoms with Gasteiger partial charge >= 0.3 is 0 Å². The van der Waals surface area contributed by atoms with Crippen LogP contribution in [0, 0.1) is 5.41 Å². The number of amides is 2. The summed E-state index contributed by atoms with van der Waals surface area (Å²) in [4.78, 5) is 30.8. The molecule has 2 aromatic rings. The number of hydrogen-bond donors (Lipinski definition) is 0. The third-order valence-corrected chi connectivity index (χ3v) is 8.14. The maximum atomic E-state index is 14.3. The maximum Gasteiger partial charge on any atom is 0.229 e. The highest BCUT2D eigenvalue weighted by atomic mass is 35.5. The molecule has 6 heteroatoms. The third kappa shape index (κ3) is 5.29. The van der Waals surface area contributed by atoms with Crippen molar-refractivity contribution < 1.29 is 9.59 Å². The zero-order valence-electron chi connectivity index (χ0n) is 20.6. The summed E-state index contributed by atoms with van der Waals surface area (Å²) in [5, 5.41) is 1.34. The molecule has 2 saturated heterocycles. The SMILES string of the molecule is C=CC[C@@]1(C)C[C@H](c2cccc(Cl)c2)[C@@H](c2ccc(Cl)cc2)N([C@@H](CC)CN2CCCC2=O)C1=O. The van der Waals surface area contributed by atoms with E-state index in [0.717, 1.165) is 30.5 Å². The first-order valence-electron chi connectivity index (χ1n) is 12.5. The number of hydrogen-bond acceptors (Lipinski definition) is 2. The first kappa shape index (κ1) is 25.8. The van der Waals surface area contributed by atoms with Gasteiger partial charge in [0.25, 0.3) is 0 Å². The summed E-state index contributed by atoms with van der Waals surface area (Å²) in [7, 11) is 0. The van der Waals surface area contributed by atoms with Crippen LogP contribution >= 0.6 is 23.2 Å². The number of rotatable bonds is 8. The van der Waals surface area contributed by atoms with Crippen LogP contribution in [0.4, 0.5) is 0 Å². The molecule has 2 fully saturated rings. The summed E-state index contributed by atoms with van der Waals surface area (Å²) in [6.45, 7) is 9.42. The van der Waals surface area contributed by atoms with Crippen LogP contribution in [0.5, 0.6) is 0 Å². The van der Waals surface area contributed by atoms with Crippen molar-refractivity contribution in [2.45, 2.75) is 64.0 Å². The van der Waals surface area contributed by atoms with E-state index in [-0.39, 0.29) is 29.8 Å². The van der Waals surface area contributed by atoms with Crippen molar-refractivity contribution in [1.82, 2.24) is 9.80 Å². The van der Waals surface area contributed by atoms with Crippen LogP contribution < -0.4 is 0 Å². The summed E-state index contributed by atoms with van der Waals surface area (Å²) < 4.78 is 0. The molecule has 2 aromatic carbocycles. The molecule has 0 aliphatic carbocycles. The second-order valence-electron chi connectivity index (χ2n) is 10.1. The summed E-state index contributed by atoms with van der Waals surface area (Å²) in [5.74, 6) is 0.325. The van der Waals surface area contributed by atoms with Crippen LogP contribution in [0.1, 0.15) is 69.0 Å².